The first-order valence-corrected chi connectivity index (χ1v) is 11.2. The van der Waals surface area contributed by atoms with E-state index in [2.05, 4.69) is 4.98 Å². The Labute approximate surface area is 203 Å². The lowest BCUT2D eigenvalue weighted by atomic mass is 10.1. The molecule has 172 valence electrons. The second kappa shape index (κ2) is 9.98. The number of nitro groups is 1. The first-order valence-electron chi connectivity index (χ1n) is 9.94. The summed E-state index contributed by atoms with van der Waals surface area (Å²) in [4.78, 5) is 28.8. The van der Waals surface area contributed by atoms with Crippen molar-refractivity contribution in [2.24, 2.45) is 0 Å². The van der Waals surface area contributed by atoms with Gasteiger partial charge in [0.15, 0.2) is 15.8 Å². The zero-order valence-electron chi connectivity index (χ0n) is 17.6. The fourth-order valence-corrected chi connectivity index (χ4v) is 4.38. The summed E-state index contributed by atoms with van der Waals surface area (Å²) in [6, 6.07) is 13.4. The molecule has 8 nitrogen and oxygen atoms in total. The number of anilines is 1. The Hall–Kier alpha value is -3.83. The fourth-order valence-electron chi connectivity index (χ4n) is 3.08. The largest absolute Gasteiger partial charge is 0.490 e. The predicted octanol–water partition coefficient (Wildman–Crippen LogP) is 5.73. The van der Waals surface area contributed by atoms with Crippen molar-refractivity contribution in [1.29, 1.82) is 0 Å². The van der Waals surface area contributed by atoms with E-state index >= 15 is 0 Å². The summed E-state index contributed by atoms with van der Waals surface area (Å²) in [7, 11) is 0. The molecule has 0 radical (unpaired) electrons. The minimum absolute atomic E-state index is 0.150. The topological polar surface area (TPSA) is 94.8 Å². The molecule has 11 heteroatoms. The molecule has 0 aliphatic carbocycles. The second-order valence-electron chi connectivity index (χ2n) is 6.85. The number of thiocarbonyl (C=S) groups is 1. The Morgan fingerprint density at radius 3 is 2.71 bits per heavy atom. The standard InChI is InChI=1S/C23H16FN3O5S2/c1-2-31-19-10-14(6-8-18(19)32-21-9-7-17(13-25-21)27(29)30)11-20-22(28)26(23(33)34-20)16-5-3-4-15(24)12-16/h3-13H,2H2,1H3/b20-11+. The normalized spacial score (nSPS) is 14.5. The number of aromatic nitrogens is 1. The van der Waals surface area contributed by atoms with Gasteiger partial charge in [0.2, 0.25) is 5.88 Å². The molecule has 1 fully saturated rings. The summed E-state index contributed by atoms with van der Waals surface area (Å²) in [6.45, 7) is 2.17. The smallest absolute Gasteiger partial charge is 0.287 e. The van der Waals surface area contributed by atoms with Gasteiger partial charge in [-0.1, -0.05) is 36.1 Å². The Morgan fingerprint density at radius 2 is 2.03 bits per heavy atom. The van der Waals surface area contributed by atoms with Crippen molar-refractivity contribution >= 4 is 51.7 Å². The van der Waals surface area contributed by atoms with Crippen LogP contribution in [-0.4, -0.2) is 26.7 Å². The van der Waals surface area contributed by atoms with Gasteiger partial charge in [-0.25, -0.2) is 9.37 Å². The van der Waals surface area contributed by atoms with Crippen molar-refractivity contribution < 1.29 is 23.6 Å². The number of carbonyl (C=O) groups excluding carboxylic acids is 1. The summed E-state index contributed by atoms with van der Waals surface area (Å²) in [5.41, 5.74) is 0.871. The van der Waals surface area contributed by atoms with Crippen LogP contribution < -0.4 is 14.4 Å². The third kappa shape index (κ3) is 5.05. The highest BCUT2D eigenvalue weighted by atomic mass is 32.2. The molecule has 0 spiro atoms. The van der Waals surface area contributed by atoms with Gasteiger partial charge in [0.25, 0.3) is 11.6 Å². The zero-order valence-corrected chi connectivity index (χ0v) is 19.3. The van der Waals surface area contributed by atoms with Crippen molar-refractivity contribution in [2.45, 2.75) is 6.92 Å². The SMILES string of the molecule is CCOc1cc(/C=C2/SC(=S)N(c3cccc(F)c3)C2=O)ccc1Oc1ccc([N+](=O)[O-])cn1. The van der Waals surface area contributed by atoms with Crippen molar-refractivity contribution in [3.63, 3.8) is 0 Å². The van der Waals surface area contributed by atoms with Gasteiger partial charge in [-0.15, -0.1) is 0 Å². The van der Waals surface area contributed by atoms with E-state index in [4.69, 9.17) is 21.7 Å². The Morgan fingerprint density at radius 1 is 1.21 bits per heavy atom. The Balaban J connectivity index is 1.59. The van der Waals surface area contributed by atoms with Gasteiger partial charge < -0.3 is 9.47 Å². The second-order valence-corrected chi connectivity index (χ2v) is 8.53. The van der Waals surface area contributed by atoms with Crippen LogP contribution in [0.5, 0.6) is 17.4 Å². The van der Waals surface area contributed by atoms with Crippen molar-refractivity contribution in [1.82, 2.24) is 4.98 Å². The molecule has 0 atom stereocenters. The molecule has 4 rings (SSSR count). The van der Waals surface area contributed by atoms with Crippen LogP contribution in [0.15, 0.2) is 65.7 Å². The predicted molar refractivity (Wildman–Crippen MR) is 131 cm³/mol. The highest BCUT2D eigenvalue weighted by Gasteiger charge is 2.33. The molecule has 1 aromatic heterocycles. The number of benzene rings is 2. The number of pyridine rings is 1. The Bertz CT molecular complexity index is 1310. The number of nitrogens with zero attached hydrogens (tertiary/aromatic N) is 3. The molecule has 34 heavy (non-hydrogen) atoms. The lowest BCUT2D eigenvalue weighted by Crippen LogP contribution is -2.27. The monoisotopic (exact) mass is 497 g/mol. The van der Waals surface area contributed by atoms with Crippen LogP contribution >= 0.6 is 24.0 Å². The third-order valence-corrected chi connectivity index (χ3v) is 5.87. The minimum Gasteiger partial charge on any atom is -0.490 e. The summed E-state index contributed by atoms with van der Waals surface area (Å²) in [6.07, 6.45) is 2.76. The molecule has 0 bridgehead atoms. The molecule has 1 aliphatic heterocycles. The molecule has 2 aromatic carbocycles. The van der Waals surface area contributed by atoms with E-state index in [1.165, 1.54) is 35.2 Å². The molecule has 3 aromatic rings. The first kappa shape index (κ1) is 23.3. The van der Waals surface area contributed by atoms with Gasteiger partial charge in [0, 0.05) is 12.1 Å². The number of hydrogen-bond acceptors (Lipinski definition) is 8. The van der Waals surface area contributed by atoms with Gasteiger partial charge in [0.05, 0.1) is 22.1 Å². The van der Waals surface area contributed by atoms with Crippen LogP contribution in [0, 0.1) is 15.9 Å². The lowest BCUT2D eigenvalue weighted by molar-refractivity contribution is -0.385. The van der Waals surface area contributed by atoms with Crippen LogP contribution in [0.25, 0.3) is 6.08 Å². The quantitative estimate of drug-likeness (QED) is 0.177. The van der Waals surface area contributed by atoms with Gasteiger partial charge in [-0.3, -0.25) is 19.8 Å². The van der Waals surface area contributed by atoms with Crippen LogP contribution in [-0.2, 0) is 4.79 Å². The van der Waals surface area contributed by atoms with Crippen molar-refractivity contribution in [3.8, 4) is 17.4 Å². The molecule has 1 saturated heterocycles. The van der Waals surface area contributed by atoms with Crippen LogP contribution in [0.3, 0.4) is 0 Å². The van der Waals surface area contributed by atoms with E-state index in [9.17, 15) is 19.3 Å². The van der Waals surface area contributed by atoms with E-state index in [-0.39, 0.29) is 17.5 Å². The summed E-state index contributed by atoms with van der Waals surface area (Å²) in [5.74, 6) is 0.101. The molecule has 2 heterocycles. The molecule has 0 unspecified atom stereocenters. The minimum atomic E-state index is -0.548. The van der Waals surface area contributed by atoms with Crippen LogP contribution in [0.4, 0.5) is 15.8 Å². The van der Waals surface area contributed by atoms with Crippen LogP contribution in [0.1, 0.15) is 12.5 Å². The highest BCUT2D eigenvalue weighted by molar-refractivity contribution is 8.27. The molecule has 1 aliphatic rings. The van der Waals surface area contributed by atoms with Gasteiger partial charge in [-0.2, -0.15) is 0 Å². The molecular formula is C23H16FN3O5S2. The maximum Gasteiger partial charge on any atom is 0.287 e. The summed E-state index contributed by atoms with van der Waals surface area (Å²) >= 11 is 6.45. The zero-order chi connectivity index (χ0) is 24.2. The third-order valence-electron chi connectivity index (χ3n) is 4.57. The van der Waals surface area contributed by atoms with Gasteiger partial charge in [-0.05, 0) is 48.9 Å². The number of rotatable bonds is 7. The molecule has 0 N–H and O–H groups in total. The number of halogens is 1. The lowest BCUT2D eigenvalue weighted by Gasteiger charge is -2.14. The first-order chi connectivity index (χ1) is 16.4. The van der Waals surface area contributed by atoms with Crippen LogP contribution in [0.2, 0.25) is 0 Å². The number of thioether (sulfide) groups is 1. The van der Waals surface area contributed by atoms with Gasteiger partial charge in [0.1, 0.15) is 12.0 Å². The van der Waals surface area contributed by atoms with E-state index in [0.29, 0.717) is 38.6 Å². The summed E-state index contributed by atoms with van der Waals surface area (Å²) < 4.78 is 25.3. The number of hydrogen-bond donors (Lipinski definition) is 0. The molecule has 0 saturated carbocycles. The number of ether oxygens (including phenoxy) is 2. The fraction of sp³-hybridized carbons (Fsp3) is 0.0870. The summed E-state index contributed by atoms with van der Waals surface area (Å²) in [5, 5.41) is 10.8. The van der Waals surface area contributed by atoms with Gasteiger partial charge >= 0.3 is 0 Å². The number of carbonyl (C=O) groups is 1. The number of amides is 1. The molecular weight excluding hydrogens is 481 g/mol. The average molecular weight is 498 g/mol. The maximum atomic E-state index is 13.6. The van der Waals surface area contributed by atoms with Crippen molar-refractivity contribution in [2.75, 3.05) is 11.5 Å². The highest BCUT2D eigenvalue weighted by Crippen LogP contribution is 2.38. The molecule has 1 amide bonds. The van der Waals surface area contributed by atoms with E-state index in [1.54, 1.807) is 30.3 Å². The Kier molecular flexibility index (Phi) is 6.85. The van der Waals surface area contributed by atoms with Crippen molar-refractivity contribution in [3.05, 3.63) is 87.2 Å². The average Bonchev–Trinajstić information content (AvgIpc) is 3.08. The van der Waals surface area contributed by atoms with E-state index in [0.717, 1.165) is 18.0 Å². The maximum absolute atomic E-state index is 13.6. The van der Waals surface area contributed by atoms with E-state index < -0.39 is 10.7 Å². The van der Waals surface area contributed by atoms with E-state index in [1.807, 2.05) is 6.92 Å².